The van der Waals surface area contributed by atoms with Gasteiger partial charge in [-0.1, -0.05) is 30.9 Å². The summed E-state index contributed by atoms with van der Waals surface area (Å²) in [5.74, 6) is 6.36. The smallest absolute Gasteiger partial charge is 0.104 e. The molecule has 0 aliphatic heterocycles. The van der Waals surface area contributed by atoms with Crippen LogP contribution in [0.3, 0.4) is 0 Å². The SMILES string of the molecule is CC(O)C(C)SCc1ccc(C#CCO)cc1. The van der Waals surface area contributed by atoms with Crippen molar-refractivity contribution in [3.05, 3.63) is 35.4 Å². The van der Waals surface area contributed by atoms with Crippen LogP contribution >= 0.6 is 11.8 Å². The highest BCUT2D eigenvalue weighted by Crippen LogP contribution is 2.20. The molecule has 0 radical (unpaired) electrons. The monoisotopic (exact) mass is 250 g/mol. The Hall–Kier alpha value is -0.950. The van der Waals surface area contributed by atoms with Gasteiger partial charge in [0.1, 0.15) is 6.61 Å². The summed E-state index contributed by atoms with van der Waals surface area (Å²) in [6.45, 7) is 3.73. The number of hydrogen-bond acceptors (Lipinski definition) is 3. The summed E-state index contributed by atoms with van der Waals surface area (Å²) < 4.78 is 0. The van der Waals surface area contributed by atoms with Gasteiger partial charge in [-0.2, -0.15) is 11.8 Å². The molecule has 0 bridgehead atoms. The van der Waals surface area contributed by atoms with E-state index in [0.717, 1.165) is 11.3 Å². The minimum Gasteiger partial charge on any atom is -0.392 e. The van der Waals surface area contributed by atoms with E-state index in [1.807, 2.05) is 38.1 Å². The van der Waals surface area contributed by atoms with Crippen LogP contribution in [0.5, 0.6) is 0 Å². The summed E-state index contributed by atoms with van der Waals surface area (Å²) in [7, 11) is 0. The first-order valence-corrected chi connectivity index (χ1v) is 6.66. The lowest BCUT2D eigenvalue weighted by Gasteiger charge is -2.13. The van der Waals surface area contributed by atoms with E-state index in [4.69, 9.17) is 5.11 Å². The van der Waals surface area contributed by atoms with E-state index in [1.165, 1.54) is 5.56 Å². The van der Waals surface area contributed by atoms with E-state index in [2.05, 4.69) is 11.8 Å². The van der Waals surface area contributed by atoms with Gasteiger partial charge in [0.2, 0.25) is 0 Å². The molecule has 3 heteroatoms. The molecule has 0 aliphatic carbocycles. The Morgan fingerprint density at radius 1 is 1.24 bits per heavy atom. The Balaban J connectivity index is 2.51. The molecule has 0 amide bonds. The summed E-state index contributed by atoms with van der Waals surface area (Å²) >= 11 is 1.74. The Labute approximate surface area is 107 Å². The molecule has 1 aromatic rings. The van der Waals surface area contributed by atoms with Crippen LogP contribution < -0.4 is 0 Å². The molecule has 0 aromatic heterocycles. The molecule has 0 aliphatic rings. The second-order valence-corrected chi connectivity index (χ2v) is 5.28. The zero-order chi connectivity index (χ0) is 12.7. The van der Waals surface area contributed by atoms with Crippen molar-refractivity contribution >= 4 is 11.8 Å². The van der Waals surface area contributed by atoms with Gasteiger partial charge in [-0.3, -0.25) is 0 Å². The van der Waals surface area contributed by atoms with Crippen LogP contribution in [0.2, 0.25) is 0 Å². The Morgan fingerprint density at radius 3 is 2.41 bits per heavy atom. The van der Waals surface area contributed by atoms with Gasteiger partial charge in [0.25, 0.3) is 0 Å². The summed E-state index contributed by atoms with van der Waals surface area (Å²) in [5.41, 5.74) is 2.13. The molecule has 2 unspecified atom stereocenters. The van der Waals surface area contributed by atoms with Crippen LogP contribution in [0.1, 0.15) is 25.0 Å². The number of benzene rings is 1. The van der Waals surface area contributed by atoms with Crippen LogP contribution in [0.15, 0.2) is 24.3 Å². The largest absolute Gasteiger partial charge is 0.392 e. The molecular weight excluding hydrogens is 232 g/mol. The van der Waals surface area contributed by atoms with Crippen LogP contribution in [-0.4, -0.2) is 28.2 Å². The normalized spacial score (nSPS) is 13.6. The minimum atomic E-state index is -0.283. The third kappa shape index (κ3) is 5.27. The third-order valence-corrected chi connectivity index (χ3v) is 3.88. The van der Waals surface area contributed by atoms with E-state index >= 15 is 0 Å². The number of rotatable bonds is 4. The molecule has 0 fully saturated rings. The number of aliphatic hydroxyl groups is 2. The number of thioether (sulfide) groups is 1. The predicted molar refractivity (Wildman–Crippen MR) is 72.8 cm³/mol. The standard InChI is InChI=1S/C14H18O2S/c1-11(16)12(2)17-10-14-7-5-13(6-8-14)4-3-9-15/h5-8,11-12,15-16H,9-10H2,1-2H3. The van der Waals surface area contributed by atoms with Gasteiger partial charge in [0.05, 0.1) is 6.10 Å². The van der Waals surface area contributed by atoms with Gasteiger partial charge in [-0.15, -0.1) is 0 Å². The van der Waals surface area contributed by atoms with Gasteiger partial charge in [-0.25, -0.2) is 0 Å². The van der Waals surface area contributed by atoms with E-state index in [-0.39, 0.29) is 18.0 Å². The van der Waals surface area contributed by atoms with Crippen molar-refractivity contribution in [3.63, 3.8) is 0 Å². The fourth-order valence-electron chi connectivity index (χ4n) is 1.19. The van der Waals surface area contributed by atoms with Crippen molar-refractivity contribution in [2.45, 2.75) is 31.0 Å². The van der Waals surface area contributed by atoms with E-state index < -0.39 is 0 Å². The molecule has 0 saturated carbocycles. The van der Waals surface area contributed by atoms with Crippen LogP contribution in [0, 0.1) is 11.8 Å². The van der Waals surface area contributed by atoms with Crippen molar-refractivity contribution in [1.29, 1.82) is 0 Å². The molecule has 2 atom stereocenters. The maximum atomic E-state index is 9.38. The summed E-state index contributed by atoms with van der Waals surface area (Å²) in [6, 6.07) is 7.96. The molecule has 2 N–H and O–H groups in total. The predicted octanol–water partition coefficient (Wildman–Crippen LogP) is 2.03. The van der Waals surface area contributed by atoms with Gasteiger partial charge in [0, 0.05) is 16.6 Å². The summed E-state index contributed by atoms with van der Waals surface area (Å²) in [5, 5.41) is 18.2. The van der Waals surface area contributed by atoms with Crippen LogP contribution in [0.25, 0.3) is 0 Å². The zero-order valence-corrected chi connectivity index (χ0v) is 11.0. The van der Waals surface area contributed by atoms with Crippen molar-refractivity contribution in [2.75, 3.05) is 6.61 Å². The molecular formula is C14H18O2S. The first-order chi connectivity index (χ1) is 8.13. The van der Waals surface area contributed by atoms with Crippen molar-refractivity contribution in [1.82, 2.24) is 0 Å². The van der Waals surface area contributed by atoms with Gasteiger partial charge in [-0.05, 0) is 24.6 Å². The van der Waals surface area contributed by atoms with Gasteiger partial charge >= 0.3 is 0 Å². The highest BCUT2D eigenvalue weighted by Gasteiger charge is 2.08. The number of aliphatic hydroxyl groups excluding tert-OH is 2. The van der Waals surface area contributed by atoms with E-state index in [1.54, 1.807) is 11.8 Å². The number of hydrogen-bond donors (Lipinski definition) is 2. The average Bonchev–Trinajstić information content (AvgIpc) is 2.34. The first-order valence-electron chi connectivity index (χ1n) is 5.62. The lowest BCUT2D eigenvalue weighted by molar-refractivity contribution is 0.196. The Morgan fingerprint density at radius 2 is 1.88 bits per heavy atom. The third-order valence-electron chi connectivity index (χ3n) is 2.46. The highest BCUT2D eigenvalue weighted by atomic mass is 32.2. The van der Waals surface area contributed by atoms with E-state index in [0.29, 0.717) is 0 Å². The summed E-state index contributed by atoms with van der Waals surface area (Å²) in [6.07, 6.45) is -0.283. The van der Waals surface area contributed by atoms with Crippen molar-refractivity contribution in [2.24, 2.45) is 0 Å². The zero-order valence-electron chi connectivity index (χ0n) is 10.2. The fraction of sp³-hybridized carbons (Fsp3) is 0.429. The Kier molecular flexibility index (Phi) is 6.13. The maximum absolute atomic E-state index is 9.38. The topological polar surface area (TPSA) is 40.5 Å². The second-order valence-electron chi connectivity index (χ2n) is 3.91. The quantitative estimate of drug-likeness (QED) is 0.803. The molecule has 92 valence electrons. The molecule has 2 nitrogen and oxygen atoms in total. The minimum absolute atomic E-state index is 0.108. The van der Waals surface area contributed by atoms with Crippen LogP contribution in [0.4, 0.5) is 0 Å². The van der Waals surface area contributed by atoms with Gasteiger partial charge in [0.15, 0.2) is 0 Å². The molecule has 1 rings (SSSR count). The molecule has 17 heavy (non-hydrogen) atoms. The lowest BCUT2D eigenvalue weighted by atomic mass is 10.1. The lowest BCUT2D eigenvalue weighted by Crippen LogP contribution is -2.15. The molecule has 1 aromatic carbocycles. The van der Waals surface area contributed by atoms with Crippen LogP contribution in [-0.2, 0) is 5.75 Å². The second kappa shape index (κ2) is 7.39. The fourth-order valence-corrected chi connectivity index (χ4v) is 2.12. The van der Waals surface area contributed by atoms with E-state index in [9.17, 15) is 5.11 Å². The van der Waals surface area contributed by atoms with Crippen molar-refractivity contribution in [3.8, 4) is 11.8 Å². The molecule has 0 spiro atoms. The summed E-state index contributed by atoms with van der Waals surface area (Å²) in [4.78, 5) is 0. The molecule has 0 saturated heterocycles. The first kappa shape index (κ1) is 14.1. The highest BCUT2D eigenvalue weighted by molar-refractivity contribution is 7.99. The van der Waals surface area contributed by atoms with Crippen molar-refractivity contribution < 1.29 is 10.2 Å². The average molecular weight is 250 g/mol. The Bertz CT molecular complexity index is 387. The molecule has 0 heterocycles. The van der Waals surface area contributed by atoms with Gasteiger partial charge < -0.3 is 10.2 Å². The maximum Gasteiger partial charge on any atom is 0.104 e.